The van der Waals surface area contributed by atoms with Crippen molar-refractivity contribution in [2.24, 2.45) is 0 Å². The van der Waals surface area contributed by atoms with Gasteiger partial charge in [0.05, 0.1) is 11.0 Å². The van der Waals surface area contributed by atoms with Crippen molar-refractivity contribution in [3.63, 3.8) is 0 Å². The summed E-state index contributed by atoms with van der Waals surface area (Å²) in [5.74, 6) is -0.252. The van der Waals surface area contributed by atoms with Gasteiger partial charge in [0.1, 0.15) is 0 Å². The van der Waals surface area contributed by atoms with Gasteiger partial charge in [0, 0.05) is 17.7 Å². The molecule has 0 aromatic heterocycles. The van der Waals surface area contributed by atoms with Gasteiger partial charge in [0.25, 0.3) is 11.6 Å². The van der Waals surface area contributed by atoms with Crippen LogP contribution >= 0.6 is 0 Å². The molecule has 1 atom stereocenters. The summed E-state index contributed by atoms with van der Waals surface area (Å²) in [6.07, 6.45) is 0. The van der Waals surface area contributed by atoms with Gasteiger partial charge in [-0.15, -0.1) is 0 Å². The van der Waals surface area contributed by atoms with Crippen LogP contribution in [-0.2, 0) is 0 Å². The van der Waals surface area contributed by atoms with Crippen LogP contribution in [-0.4, -0.2) is 10.8 Å². The van der Waals surface area contributed by atoms with Crippen LogP contribution in [0.3, 0.4) is 0 Å². The lowest BCUT2D eigenvalue weighted by atomic mass is 10.1. The first-order chi connectivity index (χ1) is 9.97. The monoisotopic (exact) mass is 284 g/mol. The summed E-state index contributed by atoms with van der Waals surface area (Å²) in [4.78, 5) is 22.2. The van der Waals surface area contributed by atoms with Crippen LogP contribution in [0.5, 0.6) is 0 Å². The summed E-state index contributed by atoms with van der Waals surface area (Å²) in [6.45, 7) is 3.90. The highest BCUT2D eigenvalue weighted by Crippen LogP contribution is 2.15. The molecule has 0 spiro atoms. The Kier molecular flexibility index (Phi) is 4.33. The number of hydrogen-bond donors (Lipinski definition) is 1. The highest BCUT2D eigenvalue weighted by molar-refractivity contribution is 5.94. The lowest BCUT2D eigenvalue weighted by Gasteiger charge is -2.14. The fourth-order valence-corrected chi connectivity index (χ4v) is 1.95. The van der Waals surface area contributed by atoms with Crippen LogP contribution in [0.2, 0.25) is 0 Å². The van der Waals surface area contributed by atoms with Crippen LogP contribution < -0.4 is 5.32 Å². The van der Waals surface area contributed by atoms with E-state index in [4.69, 9.17) is 0 Å². The average Bonchev–Trinajstić information content (AvgIpc) is 2.47. The van der Waals surface area contributed by atoms with Crippen molar-refractivity contribution in [1.29, 1.82) is 0 Å². The summed E-state index contributed by atoms with van der Waals surface area (Å²) < 4.78 is 0. The number of non-ortho nitro benzene ring substituents is 1. The largest absolute Gasteiger partial charge is 0.346 e. The van der Waals surface area contributed by atoms with E-state index in [2.05, 4.69) is 5.32 Å². The molecule has 0 saturated heterocycles. The van der Waals surface area contributed by atoms with E-state index in [0.29, 0.717) is 5.56 Å². The standard InChI is InChI=1S/C16H16N2O3/c1-11-3-5-13(6-4-11)12(2)17-16(19)14-7-9-15(10-8-14)18(20)21/h3-10,12H,1-2H3,(H,17,19)/t12-/m0/s1. The van der Waals surface area contributed by atoms with Gasteiger partial charge in [0.15, 0.2) is 0 Å². The van der Waals surface area contributed by atoms with Crippen LogP contribution in [0.25, 0.3) is 0 Å². The zero-order valence-corrected chi connectivity index (χ0v) is 11.9. The number of carbonyl (C=O) groups excluding carboxylic acids is 1. The quantitative estimate of drug-likeness (QED) is 0.691. The first-order valence-electron chi connectivity index (χ1n) is 6.59. The van der Waals surface area contributed by atoms with E-state index >= 15 is 0 Å². The third-order valence-corrected chi connectivity index (χ3v) is 3.27. The van der Waals surface area contributed by atoms with Crippen LogP contribution in [0.15, 0.2) is 48.5 Å². The third kappa shape index (κ3) is 3.66. The molecule has 0 aliphatic carbocycles. The zero-order valence-electron chi connectivity index (χ0n) is 11.9. The maximum atomic E-state index is 12.1. The highest BCUT2D eigenvalue weighted by atomic mass is 16.6. The second-order valence-electron chi connectivity index (χ2n) is 4.91. The predicted molar refractivity (Wildman–Crippen MR) is 80.2 cm³/mol. The van der Waals surface area contributed by atoms with Gasteiger partial charge in [-0.25, -0.2) is 0 Å². The number of benzene rings is 2. The van der Waals surface area contributed by atoms with Crippen LogP contribution in [0.1, 0.15) is 34.5 Å². The number of nitro benzene ring substituents is 1. The predicted octanol–water partition coefficient (Wildman–Crippen LogP) is 3.39. The minimum absolute atomic E-state index is 0.0295. The van der Waals surface area contributed by atoms with Crippen molar-refractivity contribution >= 4 is 11.6 Å². The van der Waals surface area contributed by atoms with E-state index in [1.807, 2.05) is 38.1 Å². The van der Waals surface area contributed by atoms with Crippen LogP contribution in [0.4, 0.5) is 5.69 Å². The summed E-state index contributed by atoms with van der Waals surface area (Å²) >= 11 is 0. The Hall–Kier alpha value is -2.69. The Labute approximate surface area is 122 Å². The SMILES string of the molecule is Cc1ccc([C@H](C)NC(=O)c2ccc([N+](=O)[O-])cc2)cc1. The molecule has 108 valence electrons. The number of aryl methyl sites for hydroxylation is 1. The Morgan fingerprint density at radius 2 is 1.67 bits per heavy atom. The van der Waals surface area contributed by atoms with Crippen molar-refractivity contribution in [2.45, 2.75) is 19.9 Å². The number of amides is 1. The lowest BCUT2D eigenvalue weighted by Crippen LogP contribution is -2.26. The number of nitro groups is 1. The van der Waals surface area contributed by atoms with E-state index < -0.39 is 4.92 Å². The van der Waals surface area contributed by atoms with E-state index in [0.717, 1.165) is 11.1 Å². The number of rotatable bonds is 4. The molecule has 0 radical (unpaired) electrons. The number of hydrogen-bond acceptors (Lipinski definition) is 3. The normalized spacial score (nSPS) is 11.7. The number of nitrogens with one attached hydrogen (secondary N) is 1. The summed E-state index contributed by atoms with van der Waals surface area (Å²) in [5, 5.41) is 13.4. The molecule has 1 amide bonds. The van der Waals surface area contributed by atoms with Gasteiger partial charge in [0.2, 0.25) is 0 Å². The molecule has 21 heavy (non-hydrogen) atoms. The van der Waals surface area contributed by atoms with Crippen molar-refractivity contribution in [3.05, 3.63) is 75.3 Å². The summed E-state index contributed by atoms with van der Waals surface area (Å²) in [7, 11) is 0. The molecule has 2 aromatic carbocycles. The maximum Gasteiger partial charge on any atom is 0.269 e. The molecule has 0 heterocycles. The van der Waals surface area contributed by atoms with Gasteiger partial charge >= 0.3 is 0 Å². The summed E-state index contributed by atoms with van der Waals surface area (Å²) in [5.41, 5.74) is 2.54. The Balaban J connectivity index is 2.06. The Bertz CT molecular complexity index is 648. The molecule has 2 rings (SSSR count). The lowest BCUT2D eigenvalue weighted by molar-refractivity contribution is -0.384. The molecule has 0 bridgehead atoms. The molecule has 0 aliphatic rings. The number of nitrogens with zero attached hydrogens (tertiary/aromatic N) is 1. The van der Waals surface area contributed by atoms with E-state index in [1.165, 1.54) is 24.3 Å². The van der Waals surface area contributed by atoms with Gasteiger partial charge in [-0.2, -0.15) is 0 Å². The van der Waals surface area contributed by atoms with Gasteiger partial charge < -0.3 is 5.32 Å². The molecule has 5 nitrogen and oxygen atoms in total. The van der Waals surface area contributed by atoms with Crippen molar-refractivity contribution < 1.29 is 9.72 Å². The second-order valence-corrected chi connectivity index (χ2v) is 4.91. The minimum Gasteiger partial charge on any atom is -0.346 e. The minimum atomic E-state index is -0.489. The van der Waals surface area contributed by atoms with Gasteiger partial charge in [-0.1, -0.05) is 29.8 Å². The zero-order chi connectivity index (χ0) is 15.4. The van der Waals surface area contributed by atoms with Crippen molar-refractivity contribution in [3.8, 4) is 0 Å². The highest BCUT2D eigenvalue weighted by Gasteiger charge is 2.13. The van der Waals surface area contributed by atoms with Crippen molar-refractivity contribution in [1.82, 2.24) is 5.32 Å². The molecular formula is C16H16N2O3. The number of carbonyl (C=O) groups is 1. The first-order valence-corrected chi connectivity index (χ1v) is 6.59. The smallest absolute Gasteiger partial charge is 0.269 e. The first kappa shape index (κ1) is 14.7. The van der Waals surface area contributed by atoms with Gasteiger partial charge in [-0.3, -0.25) is 14.9 Å². The van der Waals surface area contributed by atoms with E-state index in [-0.39, 0.29) is 17.6 Å². The summed E-state index contributed by atoms with van der Waals surface area (Å²) in [6, 6.07) is 13.3. The van der Waals surface area contributed by atoms with Crippen molar-refractivity contribution in [2.75, 3.05) is 0 Å². The maximum absolute atomic E-state index is 12.1. The molecule has 5 heteroatoms. The van der Waals surface area contributed by atoms with Crippen LogP contribution in [0, 0.1) is 17.0 Å². The molecular weight excluding hydrogens is 268 g/mol. The Morgan fingerprint density at radius 1 is 1.10 bits per heavy atom. The fourth-order valence-electron chi connectivity index (χ4n) is 1.95. The molecule has 0 fully saturated rings. The molecule has 0 saturated carbocycles. The molecule has 1 N–H and O–H groups in total. The topological polar surface area (TPSA) is 72.2 Å². The van der Waals surface area contributed by atoms with E-state index in [1.54, 1.807) is 0 Å². The fraction of sp³-hybridized carbons (Fsp3) is 0.188. The second kappa shape index (κ2) is 6.17. The average molecular weight is 284 g/mol. The molecule has 0 unspecified atom stereocenters. The Morgan fingerprint density at radius 3 is 2.19 bits per heavy atom. The molecule has 0 aliphatic heterocycles. The van der Waals surface area contributed by atoms with Gasteiger partial charge in [-0.05, 0) is 31.5 Å². The van der Waals surface area contributed by atoms with E-state index in [9.17, 15) is 14.9 Å². The molecule has 2 aromatic rings. The third-order valence-electron chi connectivity index (χ3n) is 3.27.